The smallest absolute Gasteiger partial charge is 0.341 e. The summed E-state index contributed by atoms with van der Waals surface area (Å²) < 4.78 is 4.96. The van der Waals surface area contributed by atoms with Crippen LogP contribution in [-0.2, 0) is 17.7 Å². The lowest BCUT2D eigenvalue weighted by Crippen LogP contribution is -2.30. The summed E-state index contributed by atoms with van der Waals surface area (Å²) >= 11 is 0. The molecule has 0 saturated carbocycles. The number of hydrogen-bond donors (Lipinski definition) is 1. The minimum absolute atomic E-state index is 0.284. The summed E-state index contributed by atoms with van der Waals surface area (Å²) in [6.07, 6.45) is 2.72. The summed E-state index contributed by atoms with van der Waals surface area (Å²) in [5, 5.41) is 3.30. The molecule has 104 valence electrons. The van der Waals surface area contributed by atoms with Crippen molar-refractivity contribution in [2.24, 2.45) is 0 Å². The molecule has 0 amide bonds. The summed E-state index contributed by atoms with van der Waals surface area (Å²) in [5.41, 5.74) is 2.83. The van der Waals surface area contributed by atoms with Gasteiger partial charge in [-0.15, -0.1) is 0 Å². The largest absolute Gasteiger partial charge is 0.465 e. The molecule has 0 aromatic carbocycles. The van der Waals surface area contributed by atoms with Crippen LogP contribution in [0.2, 0.25) is 0 Å². The van der Waals surface area contributed by atoms with Gasteiger partial charge in [0.1, 0.15) is 11.4 Å². The second-order valence-corrected chi connectivity index (χ2v) is 4.55. The molecule has 1 aliphatic rings. The highest BCUT2D eigenvalue weighted by Gasteiger charge is 2.25. The molecule has 0 fully saturated rings. The minimum atomic E-state index is -0.284. The fraction of sp³-hybridized carbons (Fsp3) is 0.571. The molecule has 0 radical (unpaired) electrons. The van der Waals surface area contributed by atoms with E-state index in [4.69, 9.17) is 4.74 Å². The van der Waals surface area contributed by atoms with Crippen molar-refractivity contribution in [2.45, 2.75) is 26.8 Å². The number of carbonyl (C=O) groups is 1. The third-order valence-corrected chi connectivity index (χ3v) is 3.58. The van der Waals surface area contributed by atoms with Crippen molar-refractivity contribution in [1.82, 2.24) is 10.3 Å². The lowest BCUT2D eigenvalue weighted by Gasteiger charge is -2.26. The van der Waals surface area contributed by atoms with Crippen LogP contribution in [0, 0.1) is 0 Å². The summed E-state index contributed by atoms with van der Waals surface area (Å²) in [6, 6.07) is 0. The zero-order valence-corrected chi connectivity index (χ0v) is 11.8. The first-order chi connectivity index (χ1) is 9.22. The van der Waals surface area contributed by atoms with Crippen LogP contribution in [0.1, 0.15) is 35.3 Å². The van der Waals surface area contributed by atoms with Gasteiger partial charge in [-0.1, -0.05) is 0 Å². The highest BCUT2D eigenvalue weighted by Crippen LogP contribution is 2.27. The summed E-state index contributed by atoms with van der Waals surface area (Å²) in [4.78, 5) is 18.7. The number of rotatable bonds is 4. The van der Waals surface area contributed by atoms with Crippen molar-refractivity contribution in [2.75, 3.05) is 31.6 Å². The van der Waals surface area contributed by atoms with Crippen LogP contribution >= 0.6 is 0 Å². The molecule has 0 aliphatic carbocycles. The van der Waals surface area contributed by atoms with Crippen molar-refractivity contribution in [3.8, 4) is 0 Å². The van der Waals surface area contributed by atoms with E-state index in [9.17, 15) is 4.79 Å². The Morgan fingerprint density at radius 2 is 2.21 bits per heavy atom. The summed E-state index contributed by atoms with van der Waals surface area (Å²) in [5.74, 6) is 0.464. The Kier molecular flexibility index (Phi) is 4.37. The third-order valence-electron chi connectivity index (χ3n) is 3.58. The average molecular weight is 263 g/mol. The SMILES string of the molecule is CCN(CC)c1ncc2c(c1C(=O)OC)CCNC2. The second-order valence-electron chi connectivity index (χ2n) is 4.55. The first kappa shape index (κ1) is 13.8. The van der Waals surface area contributed by atoms with E-state index in [1.807, 2.05) is 6.20 Å². The van der Waals surface area contributed by atoms with E-state index < -0.39 is 0 Å². The average Bonchev–Trinajstić information content (AvgIpc) is 2.47. The lowest BCUT2D eigenvalue weighted by molar-refractivity contribution is 0.0599. The van der Waals surface area contributed by atoms with Crippen LogP contribution in [0.5, 0.6) is 0 Å². The topological polar surface area (TPSA) is 54.5 Å². The third kappa shape index (κ3) is 2.56. The number of esters is 1. The number of methoxy groups -OCH3 is 1. The fourth-order valence-electron chi connectivity index (χ4n) is 2.53. The van der Waals surface area contributed by atoms with E-state index in [-0.39, 0.29) is 5.97 Å². The molecule has 1 N–H and O–H groups in total. The van der Waals surface area contributed by atoms with Gasteiger partial charge in [0.2, 0.25) is 0 Å². The van der Waals surface area contributed by atoms with Gasteiger partial charge >= 0.3 is 5.97 Å². The number of hydrogen-bond acceptors (Lipinski definition) is 5. The molecular weight excluding hydrogens is 242 g/mol. The molecule has 0 atom stereocenters. The van der Waals surface area contributed by atoms with E-state index in [0.29, 0.717) is 5.56 Å². The van der Waals surface area contributed by atoms with Gasteiger partial charge in [-0.25, -0.2) is 9.78 Å². The first-order valence-electron chi connectivity index (χ1n) is 6.77. The fourth-order valence-corrected chi connectivity index (χ4v) is 2.53. The number of nitrogens with one attached hydrogen (secondary N) is 1. The summed E-state index contributed by atoms with van der Waals surface area (Å²) in [7, 11) is 1.43. The van der Waals surface area contributed by atoms with E-state index >= 15 is 0 Å². The number of nitrogens with zero attached hydrogens (tertiary/aromatic N) is 2. The number of fused-ring (bicyclic) bond motifs is 1. The Hall–Kier alpha value is -1.62. The van der Waals surface area contributed by atoms with Gasteiger partial charge in [0.15, 0.2) is 0 Å². The summed E-state index contributed by atoms with van der Waals surface area (Å²) in [6.45, 7) is 7.43. The predicted octanol–water partition coefficient (Wildman–Crippen LogP) is 1.36. The van der Waals surface area contributed by atoms with E-state index in [0.717, 1.165) is 49.5 Å². The highest BCUT2D eigenvalue weighted by atomic mass is 16.5. The van der Waals surface area contributed by atoms with Crippen LogP contribution < -0.4 is 10.2 Å². The normalized spacial score (nSPS) is 13.8. The molecule has 19 heavy (non-hydrogen) atoms. The monoisotopic (exact) mass is 263 g/mol. The van der Waals surface area contributed by atoms with Crippen LogP contribution in [0.15, 0.2) is 6.20 Å². The molecule has 2 rings (SSSR count). The standard InChI is InChI=1S/C14H21N3O2/c1-4-17(5-2)13-12(14(18)19-3)11-6-7-15-8-10(11)9-16-13/h9,15H,4-8H2,1-3H3. The van der Waals surface area contributed by atoms with Gasteiger partial charge in [-0.05, 0) is 37.9 Å². The molecule has 0 unspecified atom stereocenters. The molecular formula is C14H21N3O2. The van der Waals surface area contributed by atoms with Gasteiger partial charge in [0.25, 0.3) is 0 Å². The predicted molar refractivity (Wildman–Crippen MR) is 74.5 cm³/mol. The molecule has 5 heteroatoms. The van der Waals surface area contributed by atoms with E-state index in [2.05, 4.69) is 29.0 Å². The molecule has 1 aromatic rings. The van der Waals surface area contributed by atoms with Gasteiger partial charge in [0.05, 0.1) is 7.11 Å². The Labute approximate surface area is 114 Å². The van der Waals surface area contributed by atoms with Crippen LogP contribution in [0.4, 0.5) is 5.82 Å². The minimum Gasteiger partial charge on any atom is -0.465 e. The van der Waals surface area contributed by atoms with Crippen LogP contribution in [0.3, 0.4) is 0 Å². The molecule has 5 nitrogen and oxygen atoms in total. The number of anilines is 1. The molecule has 1 aliphatic heterocycles. The molecule has 2 heterocycles. The highest BCUT2D eigenvalue weighted by molar-refractivity contribution is 5.97. The second kappa shape index (κ2) is 6.02. The van der Waals surface area contributed by atoms with Crippen molar-refractivity contribution >= 4 is 11.8 Å². The zero-order chi connectivity index (χ0) is 13.8. The Balaban J connectivity index is 2.56. The number of aromatic nitrogens is 1. The quantitative estimate of drug-likeness (QED) is 0.831. The van der Waals surface area contributed by atoms with E-state index in [1.165, 1.54) is 7.11 Å². The maximum atomic E-state index is 12.1. The number of ether oxygens (including phenoxy) is 1. The maximum Gasteiger partial charge on any atom is 0.341 e. The van der Waals surface area contributed by atoms with Gasteiger partial charge in [-0.2, -0.15) is 0 Å². The molecule has 1 aromatic heterocycles. The van der Waals surface area contributed by atoms with Crippen LogP contribution in [0.25, 0.3) is 0 Å². The molecule has 0 spiro atoms. The maximum absolute atomic E-state index is 12.1. The van der Waals surface area contributed by atoms with Gasteiger partial charge in [-0.3, -0.25) is 0 Å². The van der Waals surface area contributed by atoms with Gasteiger partial charge < -0.3 is 15.0 Å². The Morgan fingerprint density at radius 3 is 2.84 bits per heavy atom. The van der Waals surface area contributed by atoms with Crippen molar-refractivity contribution in [3.05, 3.63) is 22.9 Å². The Morgan fingerprint density at radius 1 is 1.47 bits per heavy atom. The number of carbonyl (C=O) groups excluding carboxylic acids is 1. The molecule has 0 saturated heterocycles. The number of pyridine rings is 1. The molecule has 0 bridgehead atoms. The van der Waals surface area contributed by atoms with Gasteiger partial charge in [0, 0.05) is 25.8 Å². The van der Waals surface area contributed by atoms with Crippen LogP contribution in [-0.4, -0.2) is 37.7 Å². The van der Waals surface area contributed by atoms with E-state index in [1.54, 1.807) is 0 Å². The van der Waals surface area contributed by atoms with Crippen molar-refractivity contribution in [3.63, 3.8) is 0 Å². The lowest BCUT2D eigenvalue weighted by atomic mass is 9.97. The zero-order valence-electron chi connectivity index (χ0n) is 11.8. The Bertz CT molecular complexity index is 470. The van der Waals surface area contributed by atoms with Crippen molar-refractivity contribution in [1.29, 1.82) is 0 Å². The van der Waals surface area contributed by atoms with Crippen molar-refractivity contribution < 1.29 is 9.53 Å². The first-order valence-corrected chi connectivity index (χ1v) is 6.77.